The maximum Gasteiger partial charge on any atom is 0.416 e. The number of piperidine rings is 1. The summed E-state index contributed by atoms with van der Waals surface area (Å²) in [6.07, 6.45) is 0.604. The Bertz CT molecular complexity index is 1780. The first kappa shape index (κ1) is 36.5. The SMILES string of the molecule is COCC1(CN(C)c2cc(-c3cc(F)cc(C(F)(F)F)c3)nc3nc(-c4ccc(C5CCNCC5)cc4)n(COCC[Si](C)(C)C)c23)CCC1. The third-order valence-electron chi connectivity index (χ3n) is 10.3. The minimum atomic E-state index is -4.71. The highest BCUT2D eigenvalue weighted by Crippen LogP contribution is 2.44. The first-order valence-corrected chi connectivity index (χ1v) is 21.3. The zero-order chi connectivity index (χ0) is 35.7. The van der Waals surface area contributed by atoms with Crippen LogP contribution in [0.4, 0.5) is 23.2 Å². The van der Waals surface area contributed by atoms with Gasteiger partial charge in [-0.2, -0.15) is 13.2 Å². The maximum absolute atomic E-state index is 14.7. The molecular weight excluding hydrogens is 663 g/mol. The number of anilines is 1. The van der Waals surface area contributed by atoms with E-state index in [1.165, 1.54) is 5.56 Å². The second-order valence-corrected chi connectivity index (χ2v) is 21.0. The molecule has 1 saturated heterocycles. The molecular formula is C38H49F4N5O2Si. The number of nitrogens with one attached hydrogen (secondary N) is 1. The summed E-state index contributed by atoms with van der Waals surface area (Å²) in [6.45, 7) is 11.0. The molecule has 0 atom stereocenters. The van der Waals surface area contributed by atoms with Crippen LogP contribution in [0.1, 0.15) is 49.1 Å². The lowest BCUT2D eigenvalue weighted by Gasteiger charge is -2.44. The van der Waals surface area contributed by atoms with Gasteiger partial charge >= 0.3 is 6.18 Å². The fourth-order valence-corrected chi connectivity index (χ4v) is 8.07. The zero-order valence-corrected chi connectivity index (χ0v) is 30.8. The fourth-order valence-electron chi connectivity index (χ4n) is 7.31. The van der Waals surface area contributed by atoms with Crippen molar-refractivity contribution in [3.05, 3.63) is 65.5 Å². The topological polar surface area (TPSA) is 64.4 Å². The molecule has 0 spiro atoms. The minimum Gasteiger partial charge on any atom is -0.384 e. The Labute approximate surface area is 293 Å². The van der Waals surface area contributed by atoms with Gasteiger partial charge in [-0.05, 0) is 80.6 Å². The van der Waals surface area contributed by atoms with Crippen LogP contribution in [0.25, 0.3) is 33.8 Å². The first-order chi connectivity index (χ1) is 23.7. The van der Waals surface area contributed by atoms with Crippen molar-refractivity contribution in [2.75, 3.05) is 51.9 Å². The molecule has 270 valence electrons. The smallest absolute Gasteiger partial charge is 0.384 e. The van der Waals surface area contributed by atoms with E-state index in [1.54, 1.807) is 13.2 Å². The van der Waals surface area contributed by atoms with Crippen molar-refractivity contribution >= 4 is 24.9 Å². The summed E-state index contributed by atoms with van der Waals surface area (Å²) < 4.78 is 70.1. The Morgan fingerprint density at radius 1 is 1.00 bits per heavy atom. The van der Waals surface area contributed by atoms with Crippen molar-refractivity contribution in [2.24, 2.45) is 5.41 Å². The van der Waals surface area contributed by atoms with E-state index in [1.807, 2.05) is 11.6 Å². The van der Waals surface area contributed by atoms with E-state index in [-0.39, 0.29) is 23.4 Å². The molecule has 1 aliphatic heterocycles. The van der Waals surface area contributed by atoms with Crippen molar-refractivity contribution in [1.29, 1.82) is 0 Å². The van der Waals surface area contributed by atoms with Gasteiger partial charge in [-0.25, -0.2) is 14.4 Å². The lowest BCUT2D eigenvalue weighted by molar-refractivity contribution is -0.137. The van der Waals surface area contributed by atoms with E-state index in [0.717, 1.165) is 80.1 Å². The first-order valence-electron chi connectivity index (χ1n) is 17.6. The molecule has 0 unspecified atom stereocenters. The highest BCUT2D eigenvalue weighted by molar-refractivity contribution is 6.76. The molecule has 1 aliphatic carbocycles. The number of methoxy groups -OCH3 is 1. The van der Waals surface area contributed by atoms with Crippen LogP contribution in [0.15, 0.2) is 48.5 Å². The van der Waals surface area contributed by atoms with Crippen LogP contribution in [-0.4, -0.2) is 69.6 Å². The van der Waals surface area contributed by atoms with E-state index in [2.05, 4.69) is 54.1 Å². The van der Waals surface area contributed by atoms with Gasteiger partial charge < -0.3 is 19.7 Å². The molecule has 3 heterocycles. The number of pyridine rings is 1. The normalized spacial score (nSPS) is 16.9. The number of nitrogens with zero attached hydrogens (tertiary/aromatic N) is 4. The van der Waals surface area contributed by atoms with Gasteiger partial charge in [-0.15, -0.1) is 0 Å². The molecule has 1 saturated carbocycles. The van der Waals surface area contributed by atoms with Crippen molar-refractivity contribution in [1.82, 2.24) is 19.9 Å². The molecule has 0 bridgehead atoms. The summed E-state index contributed by atoms with van der Waals surface area (Å²) in [6, 6.07) is 13.8. The molecule has 1 N–H and O–H groups in total. The van der Waals surface area contributed by atoms with Crippen LogP contribution in [0.5, 0.6) is 0 Å². The van der Waals surface area contributed by atoms with Crippen LogP contribution in [0, 0.1) is 11.2 Å². The van der Waals surface area contributed by atoms with Crippen molar-refractivity contribution in [3.63, 3.8) is 0 Å². The van der Waals surface area contributed by atoms with Gasteiger partial charge in [0, 0.05) is 51.9 Å². The predicted octanol–water partition coefficient (Wildman–Crippen LogP) is 8.96. The summed E-state index contributed by atoms with van der Waals surface area (Å²) in [5, 5.41) is 3.43. The van der Waals surface area contributed by atoms with Crippen LogP contribution < -0.4 is 10.2 Å². The van der Waals surface area contributed by atoms with Crippen LogP contribution in [0.2, 0.25) is 25.7 Å². The summed E-state index contributed by atoms with van der Waals surface area (Å²) in [4.78, 5) is 12.0. The van der Waals surface area contributed by atoms with Crippen molar-refractivity contribution in [2.45, 2.75) is 76.6 Å². The monoisotopic (exact) mass is 711 g/mol. The van der Waals surface area contributed by atoms with E-state index >= 15 is 0 Å². The third-order valence-corrected chi connectivity index (χ3v) is 12.0. The maximum atomic E-state index is 14.7. The van der Waals surface area contributed by atoms with Crippen molar-refractivity contribution < 1.29 is 27.0 Å². The second-order valence-electron chi connectivity index (χ2n) is 15.4. The standard InChI is InChI=1S/C38H49F4N5O2Si/c1-46(23-37(24-48-2)13-6-14-37)33-22-32(29-19-30(38(40,41)42)21-31(39)20-29)44-35-34(33)47(25-49-17-18-50(3,4)5)36(45-35)28-9-7-26(8-10-28)27-11-15-43-16-12-27/h7-10,19-22,27,43H,6,11-18,23-25H2,1-5H3. The number of fused-ring (bicyclic) bond motifs is 1. The molecule has 2 aromatic carbocycles. The number of imidazole rings is 1. The van der Waals surface area contributed by atoms with E-state index < -0.39 is 25.6 Å². The fraction of sp³-hybridized carbons (Fsp3) is 0.526. The quantitative estimate of drug-likeness (QED) is 0.0849. The predicted molar refractivity (Wildman–Crippen MR) is 194 cm³/mol. The molecule has 2 aromatic heterocycles. The molecule has 6 rings (SSSR count). The van der Waals surface area contributed by atoms with Gasteiger partial charge in [0.05, 0.1) is 23.6 Å². The van der Waals surface area contributed by atoms with Crippen LogP contribution in [-0.2, 0) is 22.4 Å². The van der Waals surface area contributed by atoms with Gasteiger partial charge in [0.1, 0.15) is 23.9 Å². The van der Waals surface area contributed by atoms with E-state index in [9.17, 15) is 17.6 Å². The van der Waals surface area contributed by atoms with Gasteiger partial charge in [-0.3, -0.25) is 4.57 Å². The molecule has 7 nitrogen and oxygen atoms in total. The average Bonchev–Trinajstić information content (AvgIpc) is 3.43. The van der Waals surface area contributed by atoms with Gasteiger partial charge in [-0.1, -0.05) is 50.3 Å². The molecule has 0 amide bonds. The molecule has 12 heteroatoms. The van der Waals surface area contributed by atoms with Crippen LogP contribution >= 0.6 is 0 Å². The van der Waals surface area contributed by atoms with E-state index in [4.69, 9.17) is 19.4 Å². The highest BCUT2D eigenvalue weighted by atomic mass is 28.3. The minimum absolute atomic E-state index is 0.0398. The Kier molecular flexibility index (Phi) is 10.7. The summed E-state index contributed by atoms with van der Waals surface area (Å²) in [7, 11) is 2.33. The van der Waals surface area contributed by atoms with Crippen LogP contribution in [0.3, 0.4) is 0 Å². The number of rotatable bonds is 13. The number of hydrogen-bond acceptors (Lipinski definition) is 6. The Hall–Kier alpha value is -3.32. The van der Waals surface area contributed by atoms with E-state index in [0.29, 0.717) is 43.2 Å². The molecule has 50 heavy (non-hydrogen) atoms. The third kappa shape index (κ3) is 8.24. The second kappa shape index (κ2) is 14.7. The van der Waals surface area contributed by atoms with Gasteiger partial charge in [0.2, 0.25) is 0 Å². The number of ether oxygens (including phenoxy) is 2. The Morgan fingerprint density at radius 2 is 1.72 bits per heavy atom. The molecule has 2 aliphatic rings. The number of halogens is 4. The van der Waals surface area contributed by atoms with Gasteiger partial charge in [0.25, 0.3) is 0 Å². The number of hydrogen-bond donors (Lipinski definition) is 1. The largest absolute Gasteiger partial charge is 0.416 e. The van der Waals surface area contributed by atoms with Gasteiger partial charge in [0.15, 0.2) is 5.65 Å². The zero-order valence-electron chi connectivity index (χ0n) is 29.8. The highest BCUT2D eigenvalue weighted by Gasteiger charge is 2.39. The number of benzene rings is 2. The molecule has 0 radical (unpaired) electrons. The number of aromatic nitrogens is 3. The summed E-state index contributed by atoms with van der Waals surface area (Å²) in [5.41, 5.74) is 3.16. The van der Waals surface area contributed by atoms with Crippen molar-refractivity contribution in [3.8, 4) is 22.6 Å². The average molecular weight is 712 g/mol. The Morgan fingerprint density at radius 3 is 2.34 bits per heavy atom. The number of alkyl halides is 3. The Balaban J connectivity index is 1.50. The lowest BCUT2D eigenvalue weighted by atomic mass is 9.69. The summed E-state index contributed by atoms with van der Waals surface area (Å²) in [5.74, 6) is 0.183. The molecule has 2 fully saturated rings. The molecule has 4 aromatic rings. The summed E-state index contributed by atoms with van der Waals surface area (Å²) >= 11 is 0. The lowest BCUT2D eigenvalue weighted by Crippen LogP contribution is -2.44.